The molecule has 0 aliphatic carbocycles. The Morgan fingerprint density at radius 3 is 2.23 bits per heavy atom. The van der Waals surface area contributed by atoms with Crippen LogP contribution in [-0.2, 0) is 32.6 Å². The normalized spacial score (nSPS) is 12.0. The van der Waals surface area contributed by atoms with Gasteiger partial charge in [-0.3, -0.25) is 13.9 Å². The quantitative estimate of drug-likeness (QED) is 0.311. The molecule has 3 rings (SSSR count). The Kier molecular flexibility index (Phi) is 10.7. The molecule has 0 aromatic heterocycles. The number of aryl methyl sites for hydroxylation is 2. The minimum Gasteiger partial charge on any atom is -0.357 e. The van der Waals surface area contributed by atoms with E-state index in [0.717, 1.165) is 26.7 Å². The summed E-state index contributed by atoms with van der Waals surface area (Å²) in [6.07, 6.45) is 1.94. The van der Waals surface area contributed by atoms with Crippen LogP contribution in [0.15, 0.2) is 77.3 Å². The molecule has 0 bridgehead atoms. The molecule has 0 saturated carbocycles. The van der Waals surface area contributed by atoms with Gasteiger partial charge in [0, 0.05) is 37.5 Å². The number of nitrogens with one attached hydrogen (secondary N) is 1. The Hall–Kier alpha value is -3.17. The molecule has 0 fully saturated rings. The first-order chi connectivity index (χ1) is 18.5. The van der Waals surface area contributed by atoms with Crippen LogP contribution < -0.4 is 9.62 Å². The van der Waals surface area contributed by atoms with Crippen LogP contribution in [0.4, 0.5) is 5.69 Å². The van der Waals surface area contributed by atoms with Gasteiger partial charge in [-0.2, -0.15) is 0 Å². The van der Waals surface area contributed by atoms with Crippen molar-refractivity contribution in [3.8, 4) is 0 Å². The average Bonchev–Trinajstić information content (AvgIpc) is 2.90. The number of amides is 2. The number of likely N-dealkylation sites (N-methyl/N-ethyl adjacent to an activating group) is 1. The van der Waals surface area contributed by atoms with Gasteiger partial charge < -0.3 is 10.2 Å². The van der Waals surface area contributed by atoms with Crippen LogP contribution in [0.1, 0.15) is 35.1 Å². The Labute approximate surface area is 240 Å². The largest absolute Gasteiger partial charge is 0.357 e. The number of nitrogens with zero attached hydrogens (tertiary/aromatic N) is 2. The zero-order chi connectivity index (χ0) is 28.6. The summed E-state index contributed by atoms with van der Waals surface area (Å²) in [5, 5.41) is 2.71. The lowest BCUT2D eigenvalue weighted by atomic mass is 10.0. The molecule has 0 unspecified atom stereocenters. The topological polar surface area (TPSA) is 86.8 Å². The number of halogens is 1. The Morgan fingerprint density at radius 1 is 0.949 bits per heavy atom. The van der Waals surface area contributed by atoms with Crippen LogP contribution in [0.25, 0.3) is 0 Å². The highest BCUT2D eigenvalue weighted by Gasteiger charge is 2.30. The predicted molar refractivity (Wildman–Crippen MR) is 160 cm³/mol. The van der Waals surface area contributed by atoms with E-state index >= 15 is 0 Å². The number of anilines is 1. The van der Waals surface area contributed by atoms with Gasteiger partial charge in [-0.05, 0) is 60.7 Å². The summed E-state index contributed by atoms with van der Waals surface area (Å²) in [4.78, 5) is 28.4. The first-order valence-electron chi connectivity index (χ1n) is 12.8. The highest BCUT2D eigenvalue weighted by Crippen LogP contribution is 2.25. The van der Waals surface area contributed by atoms with Gasteiger partial charge in [0.2, 0.25) is 21.8 Å². The average molecular weight is 615 g/mol. The molecule has 0 aliphatic rings. The highest BCUT2D eigenvalue weighted by molar-refractivity contribution is 9.10. The van der Waals surface area contributed by atoms with Crippen molar-refractivity contribution in [1.82, 2.24) is 10.2 Å². The van der Waals surface area contributed by atoms with Crippen molar-refractivity contribution in [2.75, 3.05) is 24.2 Å². The molecule has 7 nitrogen and oxygen atoms in total. The maximum Gasteiger partial charge on any atom is 0.242 e. The van der Waals surface area contributed by atoms with E-state index in [0.29, 0.717) is 18.5 Å². The molecular weight excluding hydrogens is 578 g/mol. The molecule has 9 heteroatoms. The van der Waals surface area contributed by atoms with Crippen LogP contribution in [0.3, 0.4) is 0 Å². The summed E-state index contributed by atoms with van der Waals surface area (Å²) in [7, 11) is -2.00. The monoisotopic (exact) mass is 613 g/mol. The zero-order valence-corrected chi connectivity index (χ0v) is 25.3. The van der Waals surface area contributed by atoms with Crippen molar-refractivity contribution < 1.29 is 18.0 Å². The third-order valence-corrected chi connectivity index (χ3v) is 8.28. The van der Waals surface area contributed by atoms with E-state index in [4.69, 9.17) is 0 Å². The summed E-state index contributed by atoms with van der Waals surface area (Å²) >= 11 is 3.44. The fraction of sp³-hybridized carbons (Fsp3) is 0.333. The maximum absolute atomic E-state index is 13.7. The van der Waals surface area contributed by atoms with Crippen LogP contribution in [0.5, 0.6) is 0 Å². The molecule has 208 valence electrons. The van der Waals surface area contributed by atoms with Gasteiger partial charge >= 0.3 is 0 Å². The highest BCUT2D eigenvalue weighted by atomic mass is 79.9. The van der Waals surface area contributed by atoms with E-state index < -0.39 is 16.1 Å². The standard InChI is InChI=1S/C30H36BrN3O4S/c1-22-12-13-23(2)27(19-22)34(39(4,37)38)18-8-11-29(35)33(21-25-14-16-26(31)17-15-25)28(30(36)32-3)20-24-9-6-5-7-10-24/h5-7,9-10,12-17,19,28H,8,11,18,20-21H2,1-4H3,(H,32,36)/t28-/m0/s1. The second-order valence-electron chi connectivity index (χ2n) is 9.70. The number of carbonyl (C=O) groups excluding carboxylic acids is 2. The van der Waals surface area contributed by atoms with E-state index in [1.54, 1.807) is 11.9 Å². The van der Waals surface area contributed by atoms with Crippen molar-refractivity contribution in [3.63, 3.8) is 0 Å². The molecule has 2 amide bonds. The molecule has 3 aromatic carbocycles. The molecule has 0 aliphatic heterocycles. The molecule has 3 aromatic rings. The Bertz CT molecular complexity index is 1380. The zero-order valence-electron chi connectivity index (χ0n) is 22.9. The van der Waals surface area contributed by atoms with E-state index in [1.165, 1.54) is 10.6 Å². The summed E-state index contributed by atoms with van der Waals surface area (Å²) < 4.78 is 27.7. The van der Waals surface area contributed by atoms with Crippen LogP contribution in [-0.4, -0.2) is 51.0 Å². The molecule has 0 heterocycles. The van der Waals surface area contributed by atoms with Crippen LogP contribution in [0.2, 0.25) is 0 Å². The number of hydrogen-bond acceptors (Lipinski definition) is 4. The van der Waals surface area contributed by atoms with Gasteiger partial charge in [-0.1, -0.05) is 70.5 Å². The van der Waals surface area contributed by atoms with Gasteiger partial charge in [-0.15, -0.1) is 0 Å². The molecule has 0 spiro atoms. The van der Waals surface area contributed by atoms with Crippen LogP contribution in [0, 0.1) is 13.8 Å². The number of rotatable bonds is 12. The third kappa shape index (κ3) is 8.66. The van der Waals surface area contributed by atoms with Gasteiger partial charge in [0.05, 0.1) is 11.9 Å². The summed E-state index contributed by atoms with van der Waals surface area (Å²) in [6.45, 7) is 4.20. The van der Waals surface area contributed by atoms with Crippen molar-refractivity contribution >= 4 is 43.5 Å². The van der Waals surface area contributed by atoms with Crippen molar-refractivity contribution in [2.24, 2.45) is 0 Å². The van der Waals surface area contributed by atoms with Gasteiger partial charge in [0.25, 0.3) is 0 Å². The predicted octanol–water partition coefficient (Wildman–Crippen LogP) is 5.00. The molecule has 0 saturated heterocycles. The minimum atomic E-state index is -3.56. The lowest BCUT2D eigenvalue weighted by molar-refractivity contribution is -0.141. The third-order valence-electron chi connectivity index (χ3n) is 6.57. The number of hydrogen-bond donors (Lipinski definition) is 1. The van der Waals surface area contributed by atoms with E-state index in [1.807, 2.05) is 86.6 Å². The first kappa shape index (κ1) is 30.4. The van der Waals surface area contributed by atoms with Gasteiger partial charge in [-0.25, -0.2) is 8.42 Å². The smallest absolute Gasteiger partial charge is 0.242 e. The summed E-state index contributed by atoms with van der Waals surface area (Å²) in [5.41, 5.74) is 4.25. The molecule has 1 atom stereocenters. The van der Waals surface area contributed by atoms with Gasteiger partial charge in [0.1, 0.15) is 6.04 Å². The first-order valence-corrected chi connectivity index (χ1v) is 15.5. The Morgan fingerprint density at radius 2 is 1.62 bits per heavy atom. The van der Waals surface area contributed by atoms with Crippen molar-refractivity contribution in [2.45, 2.75) is 45.7 Å². The second-order valence-corrected chi connectivity index (χ2v) is 12.5. The minimum absolute atomic E-state index is 0.0930. The molecule has 39 heavy (non-hydrogen) atoms. The van der Waals surface area contributed by atoms with Crippen molar-refractivity contribution in [1.29, 1.82) is 0 Å². The number of carbonyl (C=O) groups is 2. The fourth-order valence-electron chi connectivity index (χ4n) is 4.48. The molecule has 0 radical (unpaired) electrons. The number of benzene rings is 3. The summed E-state index contributed by atoms with van der Waals surface area (Å²) in [5.74, 6) is -0.464. The summed E-state index contributed by atoms with van der Waals surface area (Å²) in [6, 6.07) is 22.2. The molecular formula is C30H36BrN3O4S. The fourth-order valence-corrected chi connectivity index (χ4v) is 5.76. The number of sulfonamides is 1. The second kappa shape index (κ2) is 13.8. The Balaban J connectivity index is 1.86. The van der Waals surface area contributed by atoms with E-state index in [9.17, 15) is 18.0 Å². The lowest BCUT2D eigenvalue weighted by Gasteiger charge is -2.31. The van der Waals surface area contributed by atoms with Gasteiger partial charge in [0.15, 0.2) is 0 Å². The van der Waals surface area contributed by atoms with E-state index in [-0.39, 0.29) is 31.3 Å². The van der Waals surface area contributed by atoms with E-state index in [2.05, 4.69) is 21.2 Å². The maximum atomic E-state index is 13.7. The molecule has 1 N–H and O–H groups in total. The van der Waals surface area contributed by atoms with Crippen molar-refractivity contribution in [3.05, 3.63) is 99.5 Å². The van der Waals surface area contributed by atoms with Crippen LogP contribution >= 0.6 is 15.9 Å². The lowest BCUT2D eigenvalue weighted by Crippen LogP contribution is -2.49. The SMILES string of the molecule is CNC(=O)[C@H](Cc1ccccc1)N(Cc1ccc(Br)cc1)C(=O)CCCN(c1cc(C)ccc1C)S(C)(=O)=O.